The minimum Gasteiger partial charge on any atom is -0.237 e. The average Bonchev–Trinajstić information content (AvgIpc) is 1.63. The SMILES string of the molecule is C[Si](C)(C)CCCC[O]. The zero-order valence-corrected chi connectivity index (χ0v) is 7.74. The summed E-state index contributed by atoms with van der Waals surface area (Å²) in [4.78, 5) is 0. The van der Waals surface area contributed by atoms with Gasteiger partial charge in [-0.1, -0.05) is 32.1 Å². The predicted octanol–water partition coefficient (Wildman–Crippen LogP) is 2.54. The summed E-state index contributed by atoms with van der Waals surface area (Å²) in [6.07, 6.45) is 2.03. The molecule has 0 aliphatic heterocycles. The molecule has 9 heavy (non-hydrogen) atoms. The van der Waals surface area contributed by atoms with Gasteiger partial charge in [0.15, 0.2) is 0 Å². The van der Waals surface area contributed by atoms with Crippen LogP contribution in [0.2, 0.25) is 25.7 Å². The Morgan fingerprint density at radius 3 is 2.00 bits per heavy atom. The van der Waals surface area contributed by atoms with Gasteiger partial charge in [0.05, 0.1) is 6.61 Å². The van der Waals surface area contributed by atoms with Gasteiger partial charge in [-0.2, -0.15) is 0 Å². The molecule has 0 heterocycles. The monoisotopic (exact) mass is 145 g/mol. The van der Waals surface area contributed by atoms with Crippen molar-refractivity contribution in [1.29, 1.82) is 0 Å². The number of hydrogen-bond donors (Lipinski definition) is 0. The van der Waals surface area contributed by atoms with Crippen LogP contribution in [0.15, 0.2) is 0 Å². The molecule has 2 heteroatoms. The zero-order valence-electron chi connectivity index (χ0n) is 6.74. The molecule has 0 aromatic heterocycles. The lowest BCUT2D eigenvalue weighted by molar-refractivity contribution is 0.188. The lowest BCUT2D eigenvalue weighted by Gasteiger charge is -2.13. The summed E-state index contributed by atoms with van der Waals surface area (Å²) in [7, 11) is -0.833. The molecule has 0 atom stereocenters. The van der Waals surface area contributed by atoms with Crippen molar-refractivity contribution in [1.82, 2.24) is 0 Å². The Hall–Kier alpha value is 0.177. The van der Waals surface area contributed by atoms with Crippen molar-refractivity contribution in [3.05, 3.63) is 0 Å². The van der Waals surface area contributed by atoms with Gasteiger partial charge in [-0.15, -0.1) is 0 Å². The van der Waals surface area contributed by atoms with Crippen molar-refractivity contribution in [2.45, 2.75) is 38.5 Å². The van der Waals surface area contributed by atoms with Gasteiger partial charge in [0, 0.05) is 8.07 Å². The molecule has 55 valence electrons. The first-order valence-electron chi connectivity index (χ1n) is 3.64. The van der Waals surface area contributed by atoms with Crippen molar-refractivity contribution in [3.8, 4) is 0 Å². The summed E-state index contributed by atoms with van der Waals surface area (Å²) >= 11 is 0. The van der Waals surface area contributed by atoms with E-state index in [0.717, 1.165) is 12.8 Å². The molecule has 0 aliphatic carbocycles. The third kappa shape index (κ3) is 8.18. The molecule has 1 radical (unpaired) electrons. The van der Waals surface area contributed by atoms with Crippen LogP contribution in [0.1, 0.15) is 12.8 Å². The second-order valence-corrected chi connectivity index (χ2v) is 9.34. The number of rotatable bonds is 4. The van der Waals surface area contributed by atoms with Gasteiger partial charge in [0.1, 0.15) is 0 Å². The van der Waals surface area contributed by atoms with E-state index in [1.165, 1.54) is 6.04 Å². The Balaban J connectivity index is 3.07. The molecule has 1 nitrogen and oxygen atoms in total. The van der Waals surface area contributed by atoms with E-state index >= 15 is 0 Å². The zero-order chi connectivity index (χ0) is 7.33. The third-order valence-electron chi connectivity index (χ3n) is 1.32. The van der Waals surface area contributed by atoms with E-state index in [1.807, 2.05) is 0 Å². The van der Waals surface area contributed by atoms with Crippen molar-refractivity contribution >= 4 is 8.07 Å². The van der Waals surface area contributed by atoms with E-state index in [0.29, 0.717) is 0 Å². The van der Waals surface area contributed by atoms with Crippen LogP contribution in [-0.4, -0.2) is 14.7 Å². The second kappa shape index (κ2) is 4.07. The van der Waals surface area contributed by atoms with Crippen molar-refractivity contribution < 1.29 is 5.11 Å². The Bertz CT molecular complexity index is 65.8. The van der Waals surface area contributed by atoms with E-state index in [9.17, 15) is 5.11 Å². The maximum Gasteiger partial charge on any atom is 0.0822 e. The fourth-order valence-corrected chi connectivity index (χ4v) is 2.07. The maximum atomic E-state index is 10.0. The van der Waals surface area contributed by atoms with E-state index in [2.05, 4.69) is 19.6 Å². The predicted molar refractivity (Wildman–Crippen MR) is 42.9 cm³/mol. The van der Waals surface area contributed by atoms with Crippen LogP contribution in [-0.2, 0) is 5.11 Å². The fourth-order valence-electron chi connectivity index (χ4n) is 0.757. The molecule has 0 saturated heterocycles. The lowest BCUT2D eigenvalue weighted by atomic mass is 10.4. The van der Waals surface area contributed by atoms with Crippen LogP contribution in [0.3, 0.4) is 0 Å². The Labute approximate surface area is 59.1 Å². The summed E-state index contributed by atoms with van der Waals surface area (Å²) in [5, 5.41) is 10.0. The summed E-state index contributed by atoms with van der Waals surface area (Å²) in [6, 6.07) is 1.31. The van der Waals surface area contributed by atoms with Crippen LogP contribution < -0.4 is 0 Å². The molecule has 0 aromatic rings. The molecular formula is C7H17OSi. The first-order chi connectivity index (χ1) is 4.06. The van der Waals surface area contributed by atoms with Gasteiger partial charge in [0.2, 0.25) is 0 Å². The topological polar surface area (TPSA) is 19.9 Å². The molecule has 0 N–H and O–H groups in total. The largest absolute Gasteiger partial charge is 0.237 e. The summed E-state index contributed by atoms with van der Waals surface area (Å²) in [6.45, 7) is 7.15. The first kappa shape index (κ1) is 9.18. The summed E-state index contributed by atoms with van der Waals surface area (Å²) < 4.78 is 0. The highest BCUT2D eigenvalue weighted by Gasteiger charge is 2.10. The molecule has 0 amide bonds. The van der Waals surface area contributed by atoms with Crippen molar-refractivity contribution in [2.75, 3.05) is 6.61 Å². The fraction of sp³-hybridized carbons (Fsp3) is 1.00. The molecular weight excluding hydrogens is 128 g/mol. The van der Waals surface area contributed by atoms with Crippen LogP contribution in [0, 0.1) is 0 Å². The van der Waals surface area contributed by atoms with Gasteiger partial charge in [-0.3, -0.25) is 0 Å². The highest BCUT2D eigenvalue weighted by atomic mass is 28.3. The summed E-state index contributed by atoms with van der Waals surface area (Å²) in [5.74, 6) is 0. The Morgan fingerprint density at radius 1 is 1.11 bits per heavy atom. The number of unbranched alkanes of at least 4 members (excludes halogenated alkanes) is 1. The minimum absolute atomic E-state index is 0.116. The smallest absolute Gasteiger partial charge is 0.0822 e. The van der Waals surface area contributed by atoms with E-state index in [4.69, 9.17) is 0 Å². The van der Waals surface area contributed by atoms with E-state index in [1.54, 1.807) is 0 Å². The van der Waals surface area contributed by atoms with E-state index < -0.39 is 8.07 Å². The normalized spacial score (nSPS) is 12.0. The molecule has 0 saturated carbocycles. The standard InChI is InChI=1S/C7H17OSi/c1-9(2,3)7-5-4-6-8/h4-7H2,1-3H3. The van der Waals surface area contributed by atoms with E-state index in [-0.39, 0.29) is 6.61 Å². The molecule has 0 unspecified atom stereocenters. The second-order valence-electron chi connectivity index (χ2n) is 3.72. The van der Waals surface area contributed by atoms with Crippen LogP contribution in [0.5, 0.6) is 0 Å². The lowest BCUT2D eigenvalue weighted by Crippen LogP contribution is -2.18. The van der Waals surface area contributed by atoms with Crippen LogP contribution in [0.25, 0.3) is 0 Å². The molecule has 0 fully saturated rings. The van der Waals surface area contributed by atoms with Gasteiger partial charge < -0.3 is 0 Å². The quantitative estimate of drug-likeness (QED) is 0.428. The molecule has 0 aromatic carbocycles. The van der Waals surface area contributed by atoms with Crippen LogP contribution in [0.4, 0.5) is 0 Å². The van der Waals surface area contributed by atoms with Gasteiger partial charge in [-0.05, 0) is 6.42 Å². The molecule has 0 rings (SSSR count). The highest BCUT2D eigenvalue weighted by molar-refractivity contribution is 6.76. The van der Waals surface area contributed by atoms with Crippen molar-refractivity contribution in [2.24, 2.45) is 0 Å². The van der Waals surface area contributed by atoms with Gasteiger partial charge >= 0.3 is 0 Å². The molecule has 0 bridgehead atoms. The van der Waals surface area contributed by atoms with Gasteiger partial charge in [-0.25, -0.2) is 5.11 Å². The Morgan fingerprint density at radius 2 is 1.67 bits per heavy atom. The van der Waals surface area contributed by atoms with Crippen LogP contribution >= 0.6 is 0 Å². The Kier molecular flexibility index (Phi) is 4.15. The highest BCUT2D eigenvalue weighted by Crippen LogP contribution is 2.11. The minimum atomic E-state index is -0.833. The molecule has 0 spiro atoms. The average molecular weight is 145 g/mol. The first-order valence-corrected chi connectivity index (χ1v) is 7.35. The maximum absolute atomic E-state index is 10.0. The van der Waals surface area contributed by atoms with Crippen molar-refractivity contribution in [3.63, 3.8) is 0 Å². The van der Waals surface area contributed by atoms with Gasteiger partial charge in [0.25, 0.3) is 0 Å². The summed E-state index contributed by atoms with van der Waals surface area (Å²) in [5.41, 5.74) is 0. The molecule has 0 aliphatic rings. The number of hydrogen-bond acceptors (Lipinski definition) is 0. The third-order valence-corrected chi connectivity index (χ3v) is 3.17.